The molecule has 2 rings (SSSR count). The Bertz CT molecular complexity index is 738. The highest BCUT2D eigenvalue weighted by atomic mass is 35.5. The summed E-state index contributed by atoms with van der Waals surface area (Å²) in [6.45, 7) is 0. The maximum atomic E-state index is 13.4. The fourth-order valence-electron chi connectivity index (χ4n) is 1.43. The molecule has 0 aliphatic heterocycles. The van der Waals surface area contributed by atoms with Crippen LogP contribution >= 0.6 is 11.6 Å². The molecule has 0 radical (unpaired) electrons. The number of nitro groups is 1. The fourth-order valence-corrected chi connectivity index (χ4v) is 1.63. The molecule has 0 amide bonds. The topological polar surface area (TPSA) is 103 Å². The fraction of sp³-hybridized carbons (Fsp3) is 0. The molecule has 0 aliphatic carbocycles. The van der Waals surface area contributed by atoms with Crippen LogP contribution in [0.25, 0.3) is 0 Å². The summed E-state index contributed by atoms with van der Waals surface area (Å²) in [4.78, 5) is 24.0. The van der Waals surface area contributed by atoms with Gasteiger partial charge in [0.15, 0.2) is 0 Å². The third-order valence-electron chi connectivity index (χ3n) is 2.38. The van der Waals surface area contributed by atoms with Gasteiger partial charge in [0.2, 0.25) is 11.7 Å². The number of carboxylic acid groups (broad SMARTS) is 1. The summed E-state index contributed by atoms with van der Waals surface area (Å²) in [6.07, 6.45) is 1.02. The van der Waals surface area contributed by atoms with E-state index in [2.05, 4.69) is 4.98 Å². The Hall–Kier alpha value is -2.74. The van der Waals surface area contributed by atoms with Gasteiger partial charge in [0.1, 0.15) is 10.8 Å². The van der Waals surface area contributed by atoms with Gasteiger partial charge in [0.25, 0.3) is 0 Å². The molecule has 0 saturated carbocycles. The van der Waals surface area contributed by atoms with Crippen LogP contribution < -0.4 is 4.74 Å². The van der Waals surface area contributed by atoms with Crippen molar-refractivity contribution in [2.45, 2.75) is 0 Å². The van der Waals surface area contributed by atoms with Gasteiger partial charge < -0.3 is 9.84 Å². The predicted octanol–water partition coefficient (Wildman–Crippen LogP) is 3.27. The van der Waals surface area contributed by atoms with Crippen molar-refractivity contribution >= 4 is 23.3 Å². The van der Waals surface area contributed by atoms with E-state index in [1.807, 2.05) is 0 Å². The molecule has 1 N–H and O–H groups in total. The van der Waals surface area contributed by atoms with E-state index in [0.29, 0.717) is 0 Å². The zero-order valence-electron chi connectivity index (χ0n) is 10.1. The van der Waals surface area contributed by atoms with Crippen LogP contribution in [0.2, 0.25) is 5.02 Å². The van der Waals surface area contributed by atoms with Gasteiger partial charge in [0, 0.05) is 18.3 Å². The van der Waals surface area contributed by atoms with Crippen LogP contribution in [0.5, 0.6) is 11.6 Å². The van der Waals surface area contributed by atoms with E-state index in [4.69, 9.17) is 21.4 Å². The average Bonchev–Trinajstić information content (AvgIpc) is 2.40. The molecule has 1 aromatic heterocycles. The number of ether oxygens (including phenoxy) is 1. The predicted molar refractivity (Wildman–Crippen MR) is 69.3 cm³/mol. The van der Waals surface area contributed by atoms with Crippen LogP contribution in [0.4, 0.5) is 10.1 Å². The van der Waals surface area contributed by atoms with Crippen LogP contribution in [0.1, 0.15) is 10.4 Å². The molecule has 0 unspecified atom stereocenters. The smallest absolute Gasteiger partial charge is 0.337 e. The second kappa shape index (κ2) is 5.71. The SMILES string of the molecule is O=C(O)c1cnc(Oc2ccc([N+](=O)[O-])c(F)c2)c(Cl)c1. The lowest BCUT2D eigenvalue weighted by molar-refractivity contribution is -0.387. The van der Waals surface area contributed by atoms with Gasteiger partial charge in [-0.3, -0.25) is 10.1 Å². The van der Waals surface area contributed by atoms with E-state index in [0.717, 1.165) is 24.4 Å². The van der Waals surface area contributed by atoms with E-state index in [-0.39, 0.29) is 22.2 Å². The number of carbonyl (C=O) groups is 1. The highest BCUT2D eigenvalue weighted by Crippen LogP contribution is 2.30. The van der Waals surface area contributed by atoms with Crippen molar-refractivity contribution in [2.75, 3.05) is 0 Å². The summed E-state index contributed by atoms with van der Waals surface area (Å²) in [6, 6.07) is 4.03. The van der Waals surface area contributed by atoms with Gasteiger partial charge in [0.05, 0.1) is 10.5 Å². The Kier molecular flexibility index (Phi) is 3.99. The number of pyridine rings is 1. The van der Waals surface area contributed by atoms with Crippen molar-refractivity contribution in [3.05, 3.63) is 57.0 Å². The molecule has 0 aliphatic rings. The normalized spacial score (nSPS) is 10.2. The number of hydrogen-bond acceptors (Lipinski definition) is 5. The number of hydrogen-bond donors (Lipinski definition) is 1. The van der Waals surface area contributed by atoms with Crippen molar-refractivity contribution in [1.82, 2.24) is 4.98 Å². The van der Waals surface area contributed by atoms with Crippen molar-refractivity contribution in [2.24, 2.45) is 0 Å². The van der Waals surface area contributed by atoms with Gasteiger partial charge >= 0.3 is 11.7 Å². The largest absolute Gasteiger partial charge is 0.478 e. The van der Waals surface area contributed by atoms with Gasteiger partial charge in [-0.15, -0.1) is 0 Å². The van der Waals surface area contributed by atoms with Crippen molar-refractivity contribution < 1.29 is 24.0 Å². The zero-order valence-corrected chi connectivity index (χ0v) is 10.9. The maximum absolute atomic E-state index is 13.4. The molecule has 0 atom stereocenters. The minimum atomic E-state index is -1.21. The van der Waals surface area contributed by atoms with Crippen LogP contribution in [0, 0.1) is 15.9 Å². The van der Waals surface area contributed by atoms with Crippen molar-refractivity contribution in [3.8, 4) is 11.6 Å². The molecule has 0 saturated heterocycles. The highest BCUT2D eigenvalue weighted by Gasteiger charge is 2.16. The van der Waals surface area contributed by atoms with Crippen LogP contribution in [-0.4, -0.2) is 21.0 Å². The summed E-state index contributed by atoms with van der Waals surface area (Å²) >= 11 is 5.79. The molecule has 108 valence electrons. The number of halogens is 2. The summed E-state index contributed by atoms with van der Waals surface area (Å²) in [5.41, 5.74) is -0.829. The van der Waals surface area contributed by atoms with Crippen LogP contribution in [0.3, 0.4) is 0 Å². The minimum Gasteiger partial charge on any atom is -0.478 e. The number of nitrogens with zero attached hydrogens (tertiary/aromatic N) is 2. The number of benzene rings is 1. The van der Waals surface area contributed by atoms with Crippen molar-refractivity contribution in [3.63, 3.8) is 0 Å². The lowest BCUT2D eigenvalue weighted by Gasteiger charge is -2.07. The zero-order chi connectivity index (χ0) is 15.6. The lowest BCUT2D eigenvalue weighted by atomic mass is 10.3. The lowest BCUT2D eigenvalue weighted by Crippen LogP contribution is -1.99. The molecule has 2 aromatic rings. The Morgan fingerprint density at radius 2 is 2.14 bits per heavy atom. The molecule has 0 bridgehead atoms. The first-order chi connectivity index (χ1) is 9.88. The maximum Gasteiger partial charge on any atom is 0.337 e. The molecular weight excluding hydrogens is 307 g/mol. The Morgan fingerprint density at radius 3 is 2.67 bits per heavy atom. The Morgan fingerprint density at radius 1 is 1.43 bits per heavy atom. The quantitative estimate of drug-likeness (QED) is 0.686. The monoisotopic (exact) mass is 312 g/mol. The molecule has 7 nitrogen and oxygen atoms in total. The molecule has 1 aromatic carbocycles. The van der Waals surface area contributed by atoms with E-state index in [1.54, 1.807) is 0 Å². The Labute approximate surface area is 121 Å². The van der Waals surface area contributed by atoms with E-state index in [9.17, 15) is 19.3 Å². The minimum absolute atomic E-state index is 0.0597. The average molecular weight is 313 g/mol. The van der Waals surface area contributed by atoms with Gasteiger partial charge in [-0.1, -0.05) is 11.6 Å². The van der Waals surface area contributed by atoms with Crippen LogP contribution in [-0.2, 0) is 0 Å². The number of rotatable bonds is 4. The summed E-state index contributed by atoms with van der Waals surface area (Å²) in [5.74, 6) is -2.49. The number of carboxylic acids is 1. The molecule has 9 heteroatoms. The molecule has 0 fully saturated rings. The van der Waals surface area contributed by atoms with Gasteiger partial charge in [-0.25, -0.2) is 9.78 Å². The van der Waals surface area contributed by atoms with Crippen molar-refractivity contribution in [1.29, 1.82) is 0 Å². The third-order valence-corrected chi connectivity index (χ3v) is 2.66. The van der Waals surface area contributed by atoms with Gasteiger partial charge in [-0.05, 0) is 12.1 Å². The summed E-state index contributed by atoms with van der Waals surface area (Å²) in [7, 11) is 0. The number of aromatic nitrogens is 1. The second-order valence-electron chi connectivity index (χ2n) is 3.79. The van der Waals surface area contributed by atoms with E-state index in [1.165, 1.54) is 6.07 Å². The van der Waals surface area contributed by atoms with Gasteiger partial charge in [-0.2, -0.15) is 4.39 Å². The second-order valence-corrected chi connectivity index (χ2v) is 4.20. The first-order valence-corrected chi connectivity index (χ1v) is 5.77. The molecular formula is C12H6ClFN2O5. The first-order valence-electron chi connectivity index (χ1n) is 5.39. The molecule has 21 heavy (non-hydrogen) atoms. The standard InChI is InChI=1S/C12H6ClFN2O5/c13-8-3-6(12(17)18)5-15-11(8)21-7-1-2-10(16(19)20)9(14)4-7/h1-5H,(H,17,18). The molecule has 0 spiro atoms. The Balaban J connectivity index is 2.28. The number of nitro benzene ring substituents is 1. The van der Waals surface area contributed by atoms with E-state index >= 15 is 0 Å². The number of aromatic carboxylic acids is 1. The molecule has 1 heterocycles. The summed E-state index contributed by atoms with van der Waals surface area (Å²) < 4.78 is 18.6. The highest BCUT2D eigenvalue weighted by molar-refractivity contribution is 6.32. The van der Waals surface area contributed by atoms with E-state index < -0.39 is 22.4 Å². The third kappa shape index (κ3) is 3.23. The van der Waals surface area contributed by atoms with Crippen LogP contribution in [0.15, 0.2) is 30.5 Å². The summed E-state index contributed by atoms with van der Waals surface area (Å²) in [5, 5.41) is 19.1. The first kappa shape index (κ1) is 14.7.